The molecule has 5 atom stereocenters. The summed E-state index contributed by atoms with van der Waals surface area (Å²) < 4.78 is 6.15. The summed E-state index contributed by atoms with van der Waals surface area (Å²) in [6.07, 6.45) is -0.152. The van der Waals surface area contributed by atoms with Gasteiger partial charge in [0.05, 0.1) is 30.2 Å². The zero-order chi connectivity index (χ0) is 32.4. The minimum Gasteiger partial charge on any atom is -0.506 e. The van der Waals surface area contributed by atoms with Crippen LogP contribution < -0.4 is 10.6 Å². The molecule has 6 rings (SSSR count). The van der Waals surface area contributed by atoms with Gasteiger partial charge in [0.15, 0.2) is 34.7 Å². The van der Waals surface area contributed by atoms with E-state index in [0.29, 0.717) is 35.9 Å². The van der Waals surface area contributed by atoms with Crippen molar-refractivity contribution >= 4 is 34.7 Å². The van der Waals surface area contributed by atoms with Gasteiger partial charge < -0.3 is 30.4 Å². The molecule has 1 aliphatic heterocycles. The molecule has 2 aromatic rings. The zero-order valence-corrected chi connectivity index (χ0v) is 25.3. The first-order valence-corrected chi connectivity index (χ1v) is 15.2. The van der Waals surface area contributed by atoms with Crippen molar-refractivity contribution in [3.8, 4) is 17.1 Å². The fourth-order valence-electron chi connectivity index (χ4n) is 7.74. The average Bonchev–Trinajstić information content (AvgIpc) is 3.44. The predicted octanol–water partition coefficient (Wildman–Crippen LogP) is -0.237. The summed E-state index contributed by atoms with van der Waals surface area (Å²) in [5, 5.41) is 32.2. The lowest BCUT2D eigenvalue weighted by Crippen LogP contribution is -2.68. The first-order valence-electron chi connectivity index (χ1n) is 15.2. The number of β-amino-alcohol motifs (C(OH)–C–C–N with tert-alkyl or cyclic N) is 1. The van der Waals surface area contributed by atoms with Crippen molar-refractivity contribution in [3.63, 3.8) is 0 Å². The lowest BCUT2D eigenvalue weighted by Gasteiger charge is -2.48. The number of fused-ring (bicyclic) bond motifs is 3. The fourth-order valence-corrected chi connectivity index (χ4v) is 7.74. The number of nitrogens with zero attached hydrogens (tertiary/aromatic N) is 3. The van der Waals surface area contributed by atoms with E-state index in [0.717, 1.165) is 26.2 Å². The van der Waals surface area contributed by atoms with E-state index < -0.39 is 58.3 Å². The van der Waals surface area contributed by atoms with Gasteiger partial charge in [0.25, 0.3) is 0 Å². The molecule has 2 saturated carbocycles. The summed E-state index contributed by atoms with van der Waals surface area (Å²) in [5.74, 6) is -9.50. The van der Waals surface area contributed by atoms with Crippen molar-refractivity contribution < 1.29 is 43.7 Å². The number of aliphatic hydroxyl groups excluding tert-OH is 1. The maximum Gasteiger partial charge on any atom is 0.235 e. The number of Topliss-reactive ketones (excluding diaryl/α,β-unsaturated/α-hetero) is 4. The number of benzene rings is 1. The number of phenols is 1. The van der Waals surface area contributed by atoms with E-state index in [-0.39, 0.29) is 42.7 Å². The van der Waals surface area contributed by atoms with E-state index in [9.17, 15) is 39.3 Å². The number of amides is 1. The molecule has 0 bridgehead atoms. The van der Waals surface area contributed by atoms with E-state index in [1.165, 1.54) is 0 Å². The molecule has 240 valence electrons. The summed E-state index contributed by atoms with van der Waals surface area (Å²) in [5.41, 5.74) is 3.94. The lowest BCUT2D eigenvalue weighted by atomic mass is 9.53. The van der Waals surface area contributed by atoms with Gasteiger partial charge in [0, 0.05) is 64.8 Å². The van der Waals surface area contributed by atoms with Gasteiger partial charge in [-0.2, -0.15) is 0 Å². The highest BCUT2D eigenvalue weighted by molar-refractivity contribution is 6.31. The van der Waals surface area contributed by atoms with Crippen molar-refractivity contribution in [2.45, 2.75) is 31.4 Å². The number of carbonyl (C=O) groups is 5. The Kier molecular flexibility index (Phi) is 7.92. The molecule has 1 amide bonds. The van der Waals surface area contributed by atoms with Crippen molar-refractivity contribution in [2.75, 3.05) is 58.3 Å². The van der Waals surface area contributed by atoms with Crippen LogP contribution in [0.5, 0.6) is 5.75 Å². The number of hydrogen-bond acceptors (Lipinski definition) is 12. The first-order chi connectivity index (χ1) is 21.4. The number of piperazine rings is 1. The molecule has 45 heavy (non-hydrogen) atoms. The third kappa shape index (κ3) is 4.98. The fraction of sp³-hybridized carbons (Fsp3) is 0.531. The quantitative estimate of drug-likeness (QED) is 0.297. The van der Waals surface area contributed by atoms with Gasteiger partial charge in [0.1, 0.15) is 17.3 Å². The van der Waals surface area contributed by atoms with Gasteiger partial charge in [-0.25, -0.2) is 0 Å². The Bertz CT molecular complexity index is 1590. The Labute approximate surface area is 259 Å². The number of phenolic OH excluding ortho intramolecular Hbond substituents is 1. The van der Waals surface area contributed by atoms with Gasteiger partial charge in [-0.15, -0.1) is 0 Å². The van der Waals surface area contributed by atoms with Crippen LogP contribution in [-0.2, 0) is 32.1 Å². The molecular weight excluding hydrogens is 584 g/mol. The van der Waals surface area contributed by atoms with Crippen LogP contribution in [0.25, 0.3) is 11.3 Å². The van der Waals surface area contributed by atoms with Crippen molar-refractivity contribution in [1.29, 1.82) is 0 Å². The second-order valence-electron chi connectivity index (χ2n) is 12.9. The predicted molar refractivity (Wildman–Crippen MR) is 159 cm³/mol. The van der Waals surface area contributed by atoms with Crippen molar-refractivity contribution in [1.82, 2.24) is 9.80 Å². The number of furan rings is 1. The largest absolute Gasteiger partial charge is 0.506 e. The number of carbonyl (C=O) groups excluding carboxylic acids is 5. The Hall–Kier alpha value is -3.91. The Morgan fingerprint density at radius 1 is 1.07 bits per heavy atom. The molecule has 1 aromatic carbocycles. The van der Waals surface area contributed by atoms with Crippen LogP contribution in [-0.4, -0.2) is 113 Å². The van der Waals surface area contributed by atoms with Crippen LogP contribution in [0, 0.1) is 23.7 Å². The van der Waals surface area contributed by atoms with Gasteiger partial charge in [-0.05, 0) is 42.5 Å². The monoisotopic (exact) mass is 622 g/mol. The van der Waals surface area contributed by atoms with Crippen LogP contribution in [0.2, 0.25) is 0 Å². The standard InChI is InChI=1S/C32H38N4O9/c1-34(2)21-14-20(23-4-3-18(45-23)15-36-7-5-35(6-8-36)9-10-37)27(39)25-19(21)12-16-11-17-13-22(38)26(31(33)43)30(42)32(17,44)29(41)24(16)28(25)40/h3-4,14,16-17,24,26,37,39,44H,5-13,15H2,1-2H3,(H2,33,43)/t16-,17+,24?,26?,32+/m1/s1. The third-order valence-corrected chi connectivity index (χ3v) is 10.0. The van der Waals surface area contributed by atoms with Gasteiger partial charge >= 0.3 is 0 Å². The van der Waals surface area contributed by atoms with Crippen LogP contribution in [0.15, 0.2) is 22.6 Å². The van der Waals surface area contributed by atoms with Crippen LogP contribution in [0.3, 0.4) is 0 Å². The molecule has 3 aliphatic carbocycles. The van der Waals surface area contributed by atoms with E-state index in [2.05, 4.69) is 9.80 Å². The summed E-state index contributed by atoms with van der Waals surface area (Å²) in [7, 11) is 3.59. The second kappa shape index (κ2) is 11.5. The highest BCUT2D eigenvalue weighted by atomic mass is 16.3. The maximum atomic E-state index is 14.1. The number of aliphatic hydroxyl groups is 2. The zero-order valence-electron chi connectivity index (χ0n) is 25.3. The lowest BCUT2D eigenvalue weighted by molar-refractivity contribution is -0.175. The molecule has 2 unspecified atom stereocenters. The summed E-state index contributed by atoms with van der Waals surface area (Å²) in [6.45, 7) is 4.57. The average molecular weight is 623 g/mol. The van der Waals surface area contributed by atoms with E-state index >= 15 is 0 Å². The maximum absolute atomic E-state index is 14.1. The van der Waals surface area contributed by atoms with Crippen molar-refractivity contribution in [3.05, 3.63) is 35.1 Å². The topological polar surface area (TPSA) is 195 Å². The molecule has 0 spiro atoms. The number of nitrogens with two attached hydrogens (primary N) is 1. The molecule has 1 saturated heterocycles. The molecule has 13 nitrogen and oxygen atoms in total. The normalized spacial score (nSPS) is 28.9. The smallest absolute Gasteiger partial charge is 0.235 e. The molecule has 13 heteroatoms. The summed E-state index contributed by atoms with van der Waals surface area (Å²) in [4.78, 5) is 72.0. The molecule has 5 N–H and O–H groups in total. The number of ketones is 4. The second-order valence-corrected chi connectivity index (χ2v) is 12.9. The summed E-state index contributed by atoms with van der Waals surface area (Å²) in [6, 6.07) is 5.27. The Morgan fingerprint density at radius 2 is 1.76 bits per heavy atom. The molecule has 0 radical (unpaired) electrons. The minimum absolute atomic E-state index is 0.0340. The van der Waals surface area contributed by atoms with Crippen LogP contribution >= 0.6 is 0 Å². The number of aromatic hydroxyl groups is 1. The van der Waals surface area contributed by atoms with Crippen LogP contribution in [0.4, 0.5) is 5.69 Å². The SMILES string of the molecule is CN(C)c1cc(-c2ccc(CN3CCN(CCO)CC3)o2)c(O)c2c1C[C@H]1C[C@H]3CC(=O)C(C(N)=O)C(=O)[C@@]3(O)C(=O)C1C2=O. The third-order valence-electron chi connectivity index (χ3n) is 10.0. The first kappa shape index (κ1) is 31.1. The number of rotatable bonds is 7. The van der Waals surface area contributed by atoms with E-state index in [1.54, 1.807) is 31.1 Å². The molecular formula is C32H38N4O9. The van der Waals surface area contributed by atoms with Crippen molar-refractivity contribution in [2.24, 2.45) is 29.4 Å². The Morgan fingerprint density at radius 3 is 2.40 bits per heavy atom. The molecule has 1 aromatic heterocycles. The summed E-state index contributed by atoms with van der Waals surface area (Å²) >= 11 is 0. The van der Waals surface area contributed by atoms with E-state index in [4.69, 9.17) is 10.2 Å². The molecule has 3 fully saturated rings. The van der Waals surface area contributed by atoms with Gasteiger partial charge in [-0.1, -0.05) is 0 Å². The highest BCUT2D eigenvalue weighted by Gasteiger charge is 2.66. The van der Waals surface area contributed by atoms with Gasteiger partial charge in [0.2, 0.25) is 5.91 Å². The molecule has 2 heterocycles. The molecule has 4 aliphatic rings. The highest BCUT2D eigenvalue weighted by Crippen LogP contribution is 2.52. The van der Waals surface area contributed by atoms with Crippen LogP contribution in [0.1, 0.15) is 34.5 Å². The Balaban J connectivity index is 1.33. The van der Waals surface area contributed by atoms with E-state index in [1.807, 2.05) is 6.07 Å². The van der Waals surface area contributed by atoms with Gasteiger partial charge in [-0.3, -0.25) is 33.8 Å². The number of hydrogen-bond donors (Lipinski definition) is 4. The number of anilines is 1. The number of primary amides is 1. The minimum atomic E-state index is -2.70.